The smallest absolute Gasteiger partial charge is 0.108 e. The van der Waals surface area contributed by atoms with E-state index in [1.807, 2.05) is 12.3 Å². The maximum absolute atomic E-state index is 6.15. The molecule has 1 atom stereocenters. The highest BCUT2D eigenvalue weighted by molar-refractivity contribution is 6.31. The monoisotopic (exact) mass is 344 g/mol. The third-order valence-corrected chi connectivity index (χ3v) is 4.77. The lowest BCUT2D eigenvalue weighted by Gasteiger charge is -2.16. The fraction of sp³-hybridized carbons (Fsp3) is 0.421. The topological polar surface area (TPSA) is 45.6 Å². The van der Waals surface area contributed by atoms with E-state index in [1.54, 1.807) is 0 Å². The molecule has 2 N–H and O–H groups in total. The molecule has 0 aliphatic carbocycles. The number of aryl methyl sites for hydroxylation is 2. The van der Waals surface area contributed by atoms with Gasteiger partial charge in [0.1, 0.15) is 5.82 Å². The molecular formula is C19H25ClN4. The molecule has 2 aromatic heterocycles. The van der Waals surface area contributed by atoms with E-state index in [2.05, 4.69) is 59.0 Å². The van der Waals surface area contributed by atoms with Crippen molar-refractivity contribution in [2.24, 2.45) is 0 Å². The lowest BCUT2D eigenvalue weighted by Crippen LogP contribution is -2.32. The Hall–Kier alpha value is -1.78. The van der Waals surface area contributed by atoms with E-state index in [0.29, 0.717) is 6.04 Å². The highest BCUT2D eigenvalue weighted by Gasteiger charge is 2.10. The normalized spacial score (nSPS) is 12.8. The average molecular weight is 345 g/mol. The first kappa shape index (κ1) is 17.1. The second kappa shape index (κ2) is 7.41. The van der Waals surface area contributed by atoms with Crippen LogP contribution in [0, 0.1) is 6.92 Å². The summed E-state index contributed by atoms with van der Waals surface area (Å²) in [7, 11) is 0. The van der Waals surface area contributed by atoms with Crippen molar-refractivity contribution in [1.82, 2.24) is 19.9 Å². The van der Waals surface area contributed by atoms with Crippen LogP contribution in [0.5, 0.6) is 0 Å². The Balaban J connectivity index is 1.60. The quantitative estimate of drug-likeness (QED) is 0.677. The van der Waals surface area contributed by atoms with Crippen LogP contribution in [0.25, 0.3) is 10.9 Å². The van der Waals surface area contributed by atoms with Gasteiger partial charge >= 0.3 is 0 Å². The van der Waals surface area contributed by atoms with Gasteiger partial charge < -0.3 is 14.9 Å². The lowest BCUT2D eigenvalue weighted by atomic mass is 10.1. The number of halogens is 1. The first-order valence-corrected chi connectivity index (χ1v) is 8.96. The van der Waals surface area contributed by atoms with Crippen molar-refractivity contribution in [3.63, 3.8) is 0 Å². The Bertz CT molecular complexity index is 818. The number of imidazole rings is 1. The minimum absolute atomic E-state index is 0.401. The molecule has 1 aromatic carbocycles. The second-order valence-electron chi connectivity index (χ2n) is 6.37. The number of rotatable bonds is 7. The molecule has 0 saturated heterocycles. The molecule has 24 heavy (non-hydrogen) atoms. The molecule has 3 rings (SSSR count). The molecule has 5 heteroatoms. The maximum Gasteiger partial charge on any atom is 0.108 e. The van der Waals surface area contributed by atoms with E-state index in [0.717, 1.165) is 42.3 Å². The molecule has 0 amide bonds. The van der Waals surface area contributed by atoms with Gasteiger partial charge in [-0.15, -0.1) is 0 Å². The van der Waals surface area contributed by atoms with Crippen molar-refractivity contribution in [3.05, 3.63) is 52.7 Å². The van der Waals surface area contributed by atoms with E-state index >= 15 is 0 Å². The minimum atomic E-state index is 0.401. The SMILES string of the molecule is CCc1nccn1CC(C)NCCc1c(C)[nH]c2ccc(Cl)cc12. The van der Waals surface area contributed by atoms with Crippen molar-refractivity contribution < 1.29 is 0 Å². The molecule has 0 saturated carbocycles. The summed E-state index contributed by atoms with van der Waals surface area (Å²) < 4.78 is 2.23. The molecule has 0 aliphatic rings. The van der Waals surface area contributed by atoms with Crippen LogP contribution in [0.1, 0.15) is 30.9 Å². The zero-order valence-corrected chi connectivity index (χ0v) is 15.3. The van der Waals surface area contributed by atoms with Gasteiger partial charge in [-0.2, -0.15) is 0 Å². The summed E-state index contributed by atoms with van der Waals surface area (Å²) in [6.45, 7) is 8.38. The predicted molar refractivity (Wildman–Crippen MR) is 101 cm³/mol. The summed E-state index contributed by atoms with van der Waals surface area (Å²) in [4.78, 5) is 7.83. The molecule has 2 heterocycles. The molecule has 0 radical (unpaired) electrons. The summed E-state index contributed by atoms with van der Waals surface area (Å²) in [5.74, 6) is 1.14. The van der Waals surface area contributed by atoms with Crippen molar-refractivity contribution in [1.29, 1.82) is 0 Å². The zero-order valence-electron chi connectivity index (χ0n) is 14.6. The van der Waals surface area contributed by atoms with E-state index in [9.17, 15) is 0 Å². The third kappa shape index (κ3) is 3.65. The summed E-state index contributed by atoms with van der Waals surface area (Å²) in [6, 6.07) is 6.44. The first-order valence-electron chi connectivity index (χ1n) is 8.58. The lowest BCUT2D eigenvalue weighted by molar-refractivity contribution is 0.471. The number of H-pyrrole nitrogens is 1. The number of fused-ring (bicyclic) bond motifs is 1. The molecule has 1 unspecified atom stereocenters. The van der Waals surface area contributed by atoms with Crippen LogP contribution >= 0.6 is 11.6 Å². The summed E-state index contributed by atoms with van der Waals surface area (Å²) in [5, 5.41) is 5.64. The molecule has 4 nitrogen and oxygen atoms in total. The van der Waals surface area contributed by atoms with E-state index in [1.165, 1.54) is 16.6 Å². The van der Waals surface area contributed by atoms with Crippen LogP contribution in [0.2, 0.25) is 5.02 Å². The van der Waals surface area contributed by atoms with Crippen LogP contribution in [0.15, 0.2) is 30.6 Å². The van der Waals surface area contributed by atoms with Gasteiger partial charge in [0.05, 0.1) is 0 Å². The fourth-order valence-corrected chi connectivity index (χ4v) is 3.47. The van der Waals surface area contributed by atoms with E-state index in [4.69, 9.17) is 11.6 Å². The highest BCUT2D eigenvalue weighted by atomic mass is 35.5. The molecule has 0 spiro atoms. The Labute approximate surface area is 148 Å². The Kier molecular flexibility index (Phi) is 5.27. The van der Waals surface area contributed by atoms with Gasteiger partial charge in [-0.25, -0.2) is 4.98 Å². The zero-order chi connectivity index (χ0) is 17.1. The van der Waals surface area contributed by atoms with E-state index in [-0.39, 0.29) is 0 Å². The van der Waals surface area contributed by atoms with Gasteiger partial charge in [-0.3, -0.25) is 0 Å². The van der Waals surface area contributed by atoms with Crippen LogP contribution in [-0.2, 0) is 19.4 Å². The number of aromatic amines is 1. The number of aromatic nitrogens is 3. The van der Waals surface area contributed by atoms with Gasteiger partial charge in [-0.05, 0) is 50.6 Å². The van der Waals surface area contributed by atoms with Crippen molar-refractivity contribution >= 4 is 22.5 Å². The Morgan fingerprint density at radius 2 is 2.21 bits per heavy atom. The number of nitrogens with one attached hydrogen (secondary N) is 2. The number of nitrogens with zero attached hydrogens (tertiary/aromatic N) is 2. The molecule has 0 aliphatic heterocycles. The second-order valence-corrected chi connectivity index (χ2v) is 6.81. The van der Waals surface area contributed by atoms with Crippen molar-refractivity contribution in [2.75, 3.05) is 6.54 Å². The van der Waals surface area contributed by atoms with Crippen molar-refractivity contribution in [2.45, 2.75) is 46.2 Å². The maximum atomic E-state index is 6.15. The van der Waals surface area contributed by atoms with Crippen LogP contribution in [0.4, 0.5) is 0 Å². The fourth-order valence-electron chi connectivity index (χ4n) is 3.30. The summed E-state index contributed by atoms with van der Waals surface area (Å²) in [5.41, 5.74) is 3.74. The summed E-state index contributed by atoms with van der Waals surface area (Å²) in [6.07, 6.45) is 5.89. The molecular weight excluding hydrogens is 320 g/mol. The third-order valence-electron chi connectivity index (χ3n) is 4.54. The molecule has 3 aromatic rings. The van der Waals surface area contributed by atoms with Crippen molar-refractivity contribution in [3.8, 4) is 0 Å². The summed E-state index contributed by atoms with van der Waals surface area (Å²) >= 11 is 6.15. The molecule has 128 valence electrons. The van der Waals surface area contributed by atoms with E-state index < -0.39 is 0 Å². The largest absolute Gasteiger partial charge is 0.358 e. The predicted octanol–water partition coefficient (Wildman–Crippen LogP) is 4.11. The van der Waals surface area contributed by atoms with Gasteiger partial charge in [-0.1, -0.05) is 18.5 Å². The number of hydrogen-bond acceptors (Lipinski definition) is 2. The Morgan fingerprint density at radius 3 is 3.00 bits per heavy atom. The van der Waals surface area contributed by atoms with Crippen LogP contribution < -0.4 is 5.32 Å². The standard InChI is InChI=1S/C19H25ClN4/c1-4-19-22-9-10-24(19)12-13(2)21-8-7-16-14(3)23-18-6-5-15(20)11-17(16)18/h5-6,9-11,13,21,23H,4,7-8,12H2,1-3H3. The minimum Gasteiger partial charge on any atom is -0.358 e. The van der Waals surface area contributed by atoms with Gasteiger partial charge in [0, 0.05) is 53.0 Å². The van der Waals surface area contributed by atoms with Gasteiger partial charge in [0.25, 0.3) is 0 Å². The Morgan fingerprint density at radius 1 is 1.38 bits per heavy atom. The molecule has 0 fully saturated rings. The first-order chi connectivity index (χ1) is 11.6. The molecule has 0 bridgehead atoms. The average Bonchev–Trinajstić information content (AvgIpc) is 3.12. The van der Waals surface area contributed by atoms with Gasteiger partial charge in [0.2, 0.25) is 0 Å². The number of benzene rings is 1. The van der Waals surface area contributed by atoms with Gasteiger partial charge in [0.15, 0.2) is 0 Å². The highest BCUT2D eigenvalue weighted by Crippen LogP contribution is 2.25. The number of hydrogen-bond donors (Lipinski definition) is 2. The van der Waals surface area contributed by atoms with Crippen LogP contribution in [0.3, 0.4) is 0 Å². The van der Waals surface area contributed by atoms with Crippen LogP contribution in [-0.4, -0.2) is 27.1 Å².